The maximum atomic E-state index is 12.3. The molecule has 0 fully saturated rings. The van der Waals surface area contributed by atoms with Crippen LogP contribution in [0.3, 0.4) is 0 Å². The van der Waals surface area contributed by atoms with Crippen molar-refractivity contribution in [1.29, 1.82) is 0 Å². The Balaban J connectivity index is 2.21. The average Bonchev–Trinajstić information content (AvgIpc) is 3.01. The molecule has 1 heterocycles. The zero-order chi connectivity index (χ0) is 19.1. The number of rotatable bonds is 7. The molecule has 1 N–H and O–H groups in total. The van der Waals surface area contributed by atoms with Crippen molar-refractivity contribution in [1.82, 2.24) is 0 Å². The second kappa shape index (κ2) is 9.35. The molecule has 138 valence electrons. The lowest BCUT2D eigenvalue weighted by molar-refractivity contribution is -0.115. The molecule has 0 saturated carbocycles. The lowest BCUT2D eigenvalue weighted by atomic mass is 10.1. The molecular formula is C18H18ClNO5S. The van der Waals surface area contributed by atoms with Crippen molar-refractivity contribution >= 4 is 45.8 Å². The number of benzene rings is 1. The SMILES string of the molecule is CCOC(=O)c1csc(NC(=O)Cc2ccc(Cl)cc2)c1C(=O)OCC. The van der Waals surface area contributed by atoms with E-state index in [1.807, 2.05) is 0 Å². The van der Waals surface area contributed by atoms with Crippen molar-refractivity contribution in [2.24, 2.45) is 0 Å². The summed E-state index contributed by atoms with van der Waals surface area (Å²) < 4.78 is 9.96. The van der Waals surface area contributed by atoms with E-state index >= 15 is 0 Å². The molecule has 1 aromatic heterocycles. The van der Waals surface area contributed by atoms with Crippen LogP contribution in [0.15, 0.2) is 29.6 Å². The first-order valence-corrected chi connectivity index (χ1v) is 9.22. The first kappa shape index (κ1) is 19.9. The predicted molar refractivity (Wildman–Crippen MR) is 100 cm³/mol. The van der Waals surface area contributed by atoms with Gasteiger partial charge in [0.2, 0.25) is 5.91 Å². The van der Waals surface area contributed by atoms with Gasteiger partial charge in [-0.15, -0.1) is 11.3 Å². The zero-order valence-electron chi connectivity index (χ0n) is 14.3. The van der Waals surface area contributed by atoms with Gasteiger partial charge in [0, 0.05) is 10.4 Å². The number of thiophene rings is 1. The highest BCUT2D eigenvalue weighted by Crippen LogP contribution is 2.30. The van der Waals surface area contributed by atoms with Crippen molar-refractivity contribution < 1.29 is 23.9 Å². The summed E-state index contributed by atoms with van der Waals surface area (Å²) >= 11 is 6.90. The Morgan fingerprint density at radius 1 is 1.04 bits per heavy atom. The van der Waals surface area contributed by atoms with Gasteiger partial charge in [-0.3, -0.25) is 4.79 Å². The summed E-state index contributed by atoms with van der Waals surface area (Å²) in [5.41, 5.74) is 0.864. The number of nitrogens with one attached hydrogen (secondary N) is 1. The van der Waals surface area contributed by atoms with Crippen LogP contribution in [0.5, 0.6) is 0 Å². The first-order valence-electron chi connectivity index (χ1n) is 7.96. The Labute approximate surface area is 160 Å². The van der Waals surface area contributed by atoms with Gasteiger partial charge in [0.1, 0.15) is 10.6 Å². The van der Waals surface area contributed by atoms with Gasteiger partial charge in [0.05, 0.1) is 25.2 Å². The number of ether oxygens (including phenoxy) is 2. The molecule has 1 amide bonds. The van der Waals surface area contributed by atoms with Crippen LogP contribution in [0.1, 0.15) is 40.1 Å². The number of esters is 2. The first-order chi connectivity index (χ1) is 12.5. The smallest absolute Gasteiger partial charge is 0.342 e. The average molecular weight is 396 g/mol. The van der Waals surface area contributed by atoms with Gasteiger partial charge in [-0.25, -0.2) is 9.59 Å². The highest BCUT2D eigenvalue weighted by atomic mass is 35.5. The normalized spacial score (nSPS) is 10.3. The summed E-state index contributed by atoms with van der Waals surface area (Å²) in [5, 5.41) is 4.98. The summed E-state index contributed by atoms with van der Waals surface area (Å²) in [7, 11) is 0. The molecule has 26 heavy (non-hydrogen) atoms. The number of halogens is 1. The molecular weight excluding hydrogens is 378 g/mol. The summed E-state index contributed by atoms with van der Waals surface area (Å²) in [4.78, 5) is 36.6. The number of amides is 1. The number of hydrogen-bond donors (Lipinski definition) is 1. The van der Waals surface area contributed by atoms with Crippen LogP contribution in [0, 0.1) is 0 Å². The fourth-order valence-electron chi connectivity index (χ4n) is 2.17. The second-order valence-electron chi connectivity index (χ2n) is 5.15. The molecule has 0 radical (unpaired) electrons. The number of carbonyl (C=O) groups is 3. The minimum Gasteiger partial charge on any atom is -0.462 e. The minimum atomic E-state index is -0.682. The predicted octanol–water partition coefficient (Wildman–Crippen LogP) is 3.94. The van der Waals surface area contributed by atoms with Gasteiger partial charge >= 0.3 is 11.9 Å². The topological polar surface area (TPSA) is 81.7 Å². The van der Waals surface area contributed by atoms with Crippen molar-refractivity contribution in [3.8, 4) is 0 Å². The highest BCUT2D eigenvalue weighted by molar-refractivity contribution is 7.15. The maximum absolute atomic E-state index is 12.3. The van der Waals surface area contributed by atoms with Crippen molar-refractivity contribution in [2.45, 2.75) is 20.3 Å². The van der Waals surface area contributed by atoms with E-state index in [2.05, 4.69) is 5.32 Å². The van der Waals surface area contributed by atoms with Crippen LogP contribution in [0.4, 0.5) is 5.00 Å². The third kappa shape index (κ3) is 5.06. The Kier molecular flexibility index (Phi) is 7.17. The molecule has 2 aromatic rings. The molecule has 0 spiro atoms. The van der Waals surface area contributed by atoms with Crippen LogP contribution in [-0.4, -0.2) is 31.1 Å². The van der Waals surface area contributed by atoms with Gasteiger partial charge < -0.3 is 14.8 Å². The Morgan fingerprint density at radius 3 is 2.27 bits per heavy atom. The van der Waals surface area contributed by atoms with Crippen molar-refractivity contribution in [2.75, 3.05) is 18.5 Å². The number of hydrogen-bond acceptors (Lipinski definition) is 6. The van der Waals surface area contributed by atoms with Crippen LogP contribution in [-0.2, 0) is 20.7 Å². The quantitative estimate of drug-likeness (QED) is 0.718. The summed E-state index contributed by atoms with van der Waals surface area (Å²) in [6, 6.07) is 6.87. The molecule has 2 rings (SSSR count). The van der Waals surface area contributed by atoms with E-state index in [1.165, 1.54) is 5.38 Å². The van der Waals surface area contributed by atoms with Crippen molar-refractivity contribution in [3.63, 3.8) is 0 Å². The number of anilines is 1. The number of carbonyl (C=O) groups excluding carboxylic acids is 3. The van der Waals surface area contributed by atoms with Crippen LogP contribution in [0.2, 0.25) is 5.02 Å². The van der Waals surface area contributed by atoms with E-state index in [0.29, 0.717) is 5.02 Å². The Morgan fingerprint density at radius 2 is 1.65 bits per heavy atom. The van der Waals surface area contributed by atoms with Gasteiger partial charge in [-0.1, -0.05) is 23.7 Å². The largest absolute Gasteiger partial charge is 0.462 e. The minimum absolute atomic E-state index is 0.0137. The molecule has 1 aromatic carbocycles. The Hall–Kier alpha value is -2.38. The maximum Gasteiger partial charge on any atom is 0.342 e. The molecule has 8 heteroatoms. The lowest BCUT2D eigenvalue weighted by Gasteiger charge is -2.08. The monoisotopic (exact) mass is 395 g/mol. The van der Waals surface area contributed by atoms with Gasteiger partial charge in [-0.05, 0) is 31.5 Å². The van der Waals surface area contributed by atoms with Gasteiger partial charge in [0.25, 0.3) is 0 Å². The Bertz CT molecular complexity index is 800. The van der Waals surface area contributed by atoms with Crippen LogP contribution in [0.25, 0.3) is 0 Å². The van der Waals surface area contributed by atoms with E-state index in [9.17, 15) is 14.4 Å². The standard InChI is InChI=1S/C18H18ClNO5S/c1-3-24-17(22)13-10-26-16(15(13)18(23)25-4-2)20-14(21)9-11-5-7-12(19)8-6-11/h5-8,10H,3-4,9H2,1-2H3,(H,20,21). The van der Waals surface area contributed by atoms with E-state index in [4.69, 9.17) is 21.1 Å². The molecule has 0 bridgehead atoms. The third-order valence-corrected chi connectivity index (χ3v) is 4.44. The zero-order valence-corrected chi connectivity index (χ0v) is 15.9. The third-order valence-electron chi connectivity index (χ3n) is 3.30. The van der Waals surface area contributed by atoms with E-state index in [0.717, 1.165) is 16.9 Å². The van der Waals surface area contributed by atoms with Gasteiger partial charge in [-0.2, -0.15) is 0 Å². The summed E-state index contributed by atoms with van der Waals surface area (Å²) in [6.45, 7) is 3.65. The van der Waals surface area contributed by atoms with Gasteiger partial charge in [0.15, 0.2) is 0 Å². The highest BCUT2D eigenvalue weighted by Gasteiger charge is 2.26. The molecule has 0 unspecified atom stereocenters. The summed E-state index contributed by atoms with van der Waals surface area (Å²) in [5.74, 6) is -1.64. The van der Waals surface area contributed by atoms with Crippen LogP contribution < -0.4 is 5.32 Å². The molecule has 0 aliphatic heterocycles. The molecule has 0 aliphatic rings. The van der Waals surface area contributed by atoms with E-state index < -0.39 is 11.9 Å². The molecule has 0 atom stereocenters. The summed E-state index contributed by atoms with van der Waals surface area (Å²) in [6.07, 6.45) is 0.103. The molecule has 0 saturated heterocycles. The lowest BCUT2D eigenvalue weighted by Crippen LogP contribution is -2.18. The van der Waals surface area contributed by atoms with E-state index in [1.54, 1.807) is 38.1 Å². The fourth-order valence-corrected chi connectivity index (χ4v) is 3.23. The van der Waals surface area contributed by atoms with Crippen molar-refractivity contribution in [3.05, 3.63) is 51.4 Å². The molecule has 6 nitrogen and oxygen atoms in total. The van der Waals surface area contributed by atoms with Crippen LogP contribution >= 0.6 is 22.9 Å². The fraction of sp³-hybridized carbons (Fsp3) is 0.278. The second-order valence-corrected chi connectivity index (χ2v) is 6.46. The van der Waals surface area contributed by atoms with E-state index in [-0.39, 0.29) is 41.7 Å². The molecule has 0 aliphatic carbocycles.